The molecule has 0 bridgehead atoms. The van der Waals surface area contributed by atoms with Gasteiger partial charge in [-0.1, -0.05) is 12.8 Å². The first-order chi connectivity index (χ1) is 7.86. The van der Waals surface area contributed by atoms with Crippen LogP contribution in [-0.2, 0) is 14.3 Å². The second-order valence-corrected chi connectivity index (χ2v) is 4.59. The highest BCUT2D eigenvalue weighted by Gasteiger charge is 2.22. The first kappa shape index (κ1) is 11.9. The summed E-state index contributed by atoms with van der Waals surface area (Å²) in [5.74, 6) is 0.474. The third-order valence-corrected chi connectivity index (χ3v) is 3.30. The maximum Gasteiger partial charge on any atom is 0.223 e. The van der Waals surface area contributed by atoms with Gasteiger partial charge < -0.3 is 14.8 Å². The summed E-state index contributed by atoms with van der Waals surface area (Å²) in [5, 5.41) is 2.97. The molecule has 1 heterocycles. The van der Waals surface area contributed by atoms with Crippen LogP contribution in [0.2, 0.25) is 0 Å². The highest BCUT2D eigenvalue weighted by atomic mass is 16.7. The molecule has 16 heavy (non-hydrogen) atoms. The summed E-state index contributed by atoms with van der Waals surface area (Å²) in [7, 11) is 0. The first-order valence-corrected chi connectivity index (χ1v) is 6.37. The van der Waals surface area contributed by atoms with Crippen LogP contribution in [0.15, 0.2) is 0 Å². The molecule has 1 saturated carbocycles. The van der Waals surface area contributed by atoms with Crippen molar-refractivity contribution < 1.29 is 14.3 Å². The Morgan fingerprint density at radius 1 is 1.12 bits per heavy atom. The maximum absolute atomic E-state index is 11.7. The van der Waals surface area contributed by atoms with Gasteiger partial charge in [-0.3, -0.25) is 4.79 Å². The van der Waals surface area contributed by atoms with Crippen molar-refractivity contribution in [2.24, 2.45) is 5.92 Å². The molecule has 1 aliphatic carbocycles. The monoisotopic (exact) mass is 227 g/mol. The number of hydrogen-bond acceptors (Lipinski definition) is 3. The van der Waals surface area contributed by atoms with Crippen molar-refractivity contribution in [3.8, 4) is 0 Å². The number of hydrogen-bond donors (Lipinski definition) is 1. The third kappa shape index (κ3) is 3.46. The highest BCUT2D eigenvalue weighted by molar-refractivity contribution is 5.78. The van der Waals surface area contributed by atoms with Gasteiger partial charge in [0.1, 0.15) is 0 Å². The first-order valence-electron chi connectivity index (χ1n) is 6.37. The minimum absolute atomic E-state index is 0.113. The van der Waals surface area contributed by atoms with E-state index in [1.807, 2.05) is 0 Å². The minimum atomic E-state index is -0.113. The molecule has 0 aromatic carbocycles. The van der Waals surface area contributed by atoms with Crippen molar-refractivity contribution in [3.63, 3.8) is 0 Å². The lowest BCUT2D eigenvalue weighted by atomic mass is 10.1. The van der Waals surface area contributed by atoms with Crippen molar-refractivity contribution in [2.45, 2.75) is 44.8 Å². The van der Waals surface area contributed by atoms with Crippen molar-refractivity contribution in [3.05, 3.63) is 0 Å². The fourth-order valence-electron chi connectivity index (χ4n) is 2.35. The molecule has 0 atom stereocenters. The predicted octanol–water partition coefficient (Wildman–Crippen LogP) is 1.45. The molecular weight excluding hydrogens is 206 g/mol. The fourth-order valence-corrected chi connectivity index (χ4v) is 2.35. The van der Waals surface area contributed by atoms with Crippen molar-refractivity contribution in [1.82, 2.24) is 5.32 Å². The number of ether oxygens (including phenoxy) is 2. The largest absolute Gasteiger partial charge is 0.356 e. The zero-order valence-corrected chi connectivity index (χ0v) is 9.74. The molecule has 0 aromatic rings. The molecule has 0 radical (unpaired) electrons. The SMILES string of the molecule is O=C(NCCC1OCCCO1)C1CCCC1. The van der Waals surface area contributed by atoms with Crippen LogP contribution in [0.4, 0.5) is 0 Å². The molecule has 1 amide bonds. The Labute approximate surface area is 96.7 Å². The number of rotatable bonds is 4. The number of carbonyl (C=O) groups excluding carboxylic acids is 1. The van der Waals surface area contributed by atoms with E-state index in [0.29, 0.717) is 6.54 Å². The van der Waals surface area contributed by atoms with E-state index >= 15 is 0 Å². The molecule has 2 fully saturated rings. The summed E-state index contributed by atoms with van der Waals surface area (Å²) in [4.78, 5) is 11.7. The molecular formula is C12H21NO3. The molecule has 0 unspecified atom stereocenters. The summed E-state index contributed by atoms with van der Waals surface area (Å²) in [6.45, 7) is 2.22. The normalized spacial score (nSPS) is 23.5. The molecule has 2 rings (SSSR count). The zero-order valence-electron chi connectivity index (χ0n) is 9.74. The van der Waals surface area contributed by atoms with E-state index < -0.39 is 0 Å². The second-order valence-electron chi connectivity index (χ2n) is 4.59. The zero-order chi connectivity index (χ0) is 11.2. The average molecular weight is 227 g/mol. The molecule has 0 aromatic heterocycles. The minimum Gasteiger partial charge on any atom is -0.356 e. The van der Waals surface area contributed by atoms with Gasteiger partial charge in [0.15, 0.2) is 6.29 Å². The summed E-state index contributed by atoms with van der Waals surface area (Å²) in [5.41, 5.74) is 0. The van der Waals surface area contributed by atoms with Crippen molar-refractivity contribution in [2.75, 3.05) is 19.8 Å². The van der Waals surface area contributed by atoms with E-state index in [2.05, 4.69) is 5.32 Å². The van der Waals surface area contributed by atoms with E-state index in [0.717, 1.165) is 38.9 Å². The highest BCUT2D eigenvalue weighted by Crippen LogP contribution is 2.24. The molecule has 1 aliphatic heterocycles. The maximum atomic E-state index is 11.7. The third-order valence-electron chi connectivity index (χ3n) is 3.30. The fraction of sp³-hybridized carbons (Fsp3) is 0.917. The van der Waals surface area contributed by atoms with Gasteiger partial charge in [-0.25, -0.2) is 0 Å². The lowest BCUT2D eigenvalue weighted by Gasteiger charge is -2.23. The lowest BCUT2D eigenvalue weighted by Crippen LogP contribution is -2.34. The Morgan fingerprint density at radius 3 is 2.50 bits per heavy atom. The quantitative estimate of drug-likeness (QED) is 0.790. The van der Waals surface area contributed by atoms with E-state index in [1.54, 1.807) is 0 Å². The van der Waals surface area contributed by atoms with E-state index in [9.17, 15) is 4.79 Å². The van der Waals surface area contributed by atoms with Crippen LogP contribution < -0.4 is 5.32 Å². The van der Waals surface area contributed by atoms with Crippen LogP contribution in [0.5, 0.6) is 0 Å². The van der Waals surface area contributed by atoms with Gasteiger partial charge in [0.05, 0.1) is 13.2 Å². The number of nitrogens with one attached hydrogen (secondary N) is 1. The van der Waals surface area contributed by atoms with Gasteiger partial charge in [-0.15, -0.1) is 0 Å². The summed E-state index contributed by atoms with van der Waals surface area (Å²) < 4.78 is 10.8. The summed E-state index contributed by atoms with van der Waals surface area (Å²) in [6, 6.07) is 0. The number of carbonyl (C=O) groups is 1. The van der Waals surface area contributed by atoms with E-state index in [-0.39, 0.29) is 18.1 Å². The Kier molecular flexibility index (Phi) is 4.60. The van der Waals surface area contributed by atoms with Crippen molar-refractivity contribution in [1.29, 1.82) is 0 Å². The molecule has 4 nitrogen and oxygen atoms in total. The Hall–Kier alpha value is -0.610. The van der Waals surface area contributed by atoms with E-state index in [4.69, 9.17) is 9.47 Å². The van der Waals surface area contributed by atoms with Gasteiger partial charge in [0, 0.05) is 18.9 Å². The number of amides is 1. The van der Waals surface area contributed by atoms with Gasteiger partial charge in [0.2, 0.25) is 5.91 Å². The Balaban J connectivity index is 1.57. The molecule has 4 heteroatoms. The van der Waals surface area contributed by atoms with Gasteiger partial charge in [0.25, 0.3) is 0 Å². The lowest BCUT2D eigenvalue weighted by molar-refractivity contribution is -0.180. The van der Waals surface area contributed by atoms with E-state index in [1.165, 1.54) is 12.8 Å². The van der Waals surface area contributed by atoms with Crippen LogP contribution in [0.25, 0.3) is 0 Å². The Morgan fingerprint density at radius 2 is 1.81 bits per heavy atom. The topological polar surface area (TPSA) is 47.6 Å². The van der Waals surface area contributed by atoms with Crippen molar-refractivity contribution >= 4 is 5.91 Å². The smallest absolute Gasteiger partial charge is 0.223 e. The Bertz CT molecular complexity index is 220. The van der Waals surface area contributed by atoms with Gasteiger partial charge in [-0.2, -0.15) is 0 Å². The van der Waals surface area contributed by atoms with Crippen LogP contribution in [-0.4, -0.2) is 32.0 Å². The summed E-state index contributed by atoms with van der Waals surface area (Å²) >= 11 is 0. The van der Waals surface area contributed by atoms with Gasteiger partial charge >= 0.3 is 0 Å². The molecule has 2 aliphatic rings. The van der Waals surface area contributed by atoms with Crippen LogP contribution >= 0.6 is 0 Å². The predicted molar refractivity (Wildman–Crippen MR) is 59.9 cm³/mol. The summed E-state index contributed by atoms with van der Waals surface area (Å²) in [6.07, 6.45) is 6.14. The van der Waals surface area contributed by atoms with Gasteiger partial charge in [-0.05, 0) is 19.3 Å². The average Bonchev–Trinajstić information content (AvgIpc) is 2.84. The molecule has 0 spiro atoms. The molecule has 92 valence electrons. The molecule has 1 N–H and O–H groups in total. The van der Waals surface area contributed by atoms with Crippen LogP contribution in [0, 0.1) is 5.92 Å². The molecule has 1 saturated heterocycles. The standard InChI is InChI=1S/C12H21NO3/c14-12(10-4-1-2-5-10)13-7-6-11-15-8-3-9-16-11/h10-11H,1-9H2,(H,13,14). The van der Waals surface area contributed by atoms with Crippen LogP contribution in [0.1, 0.15) is 38.5 Å². The van der Waals surface area contributed by atoms with Crippen LogP contribution in [0.3, 0.4) is 0 Å². The second kappa shape index (κ2) is 6.21.